The zero-order valence-corrected chi connectivity index (χ0v) is 14.1. The number of thioether (sulfide) groups is 1. The molecule has 0 bridgehead atoms. The van der Waals surface area contributed by atoms with E-state index in [2.05, 4.69) is 31.8 Å². The van der Waals surface area contributed by atoms with Crippen LogP contribution in [-0.4, -0.2) is 26.2 Å². The summed E-state index contributed by atoms with van der Waals surface area (Å²) in [5, 5.41) is 20.3. The molecule has 0 amide bonds. The van der Waals surface area contributed by atoms with Gasteiger partial charge in [0.25, 0.3) is 5.69 Å². The number of hydrogen-bond acceptors (Lipinski definition) is 6. The molecular weight excluding hydrogens is 338 g/mol. The second-order valence-corrected chi connectivity index (χ2v) is 6.58. The van der Waals surface area contributed by atoms with Gasteiger partial charge in [-0.1, -0.05) is 42.1 Å². The number of hydrogen-bond donors (Lipinski definition) is 0. The van der Waals surface area contributed by atoms with E-state index in [1.54, 1.807) is 23.9 Å². The van der Waals surface area contributed by atoms with Crippen molar-refractivity contribution >= 4 is 29.1 Å². The highest BCUT2D eigenvalue weighted by Gasteiger charge is 2.25. The minimum atomic E-state index is -0.374. The van der Waals surface area contributed by atoms with Gasteiger partial charge in [0.2, 0.25) is 5.95 Å². The number of non-ortho nitro benzene ring substituents is 1. The molecule has 8 heteroatoms. The Balaban J connectivity index is 1.51. The van der Waals surface area contributed by atoms with E-state index in [1.807, 2.05) is 24.3 Å². The van der Waals surface area contributed by atoms with Crippen LogP contribution in [0.5, 0.6) is 0 Å². The number of fused-ring (bicyclic) bond motifs is 1. The maximum absolute atomic E-state index is 10.9. The van der Waals surface area contributed by atoms with Gasteiger partial charge in [0.15, 0.2) is 5.16 Å². The van der Waals surface area contributed by atoms with Gasteiger partial charge < -0.3 is 4.90 Å². The van der Waals surface area contributed by atoms with Crippen LogP contribution in [0.3, 0.4) is 0 Å². The van der Waals surface area contributed by atoms with Crippen LogP contribution in [0.1, 0.15) is 5.56 Å². The minimum absolute atomic E-state index is 0.111. The summed E-state index contributed by atoms with van der Waals surface area (Å²) in [7, 11) is 0. The largest absolute Gasteiger partial charge is 0.309 e. The SMILES string of the molecule is O=[N+]([O-])c1cccc(CSc2nnc3n2CCN3c2ccccc2)c1. The van der Waals surface area contributed by atoms with Crippen LogP contribution < -0.4 is 4.90 Å². The fourth-order valence-electron chi connectivity index (χ4n) is 2.84. The van der Waals surface area contributed by atoms with Crippen LogP contribution in [-0.2, 0) is 12.3 Å². The lowest BCUT2D eigenvalue weighted by Gasteiger charge is -2.14. The molecule has 0 saturated carbocycles. The first-order valence-corrected chi connectivity index (χ1v) is 8.83. The van der Waals surface area contributed by atoms with Crippen molar-refractivity contribution in [1.82, 2.24) is 14.8 Å². The van der Waals surface area contributed by atoms with Gasteiger partial charge in [-0.3, -0.25) is 14.7 Å². The van der Waals surface area contributed by atoms with E-state index in [0.717, 1.165) is 35.4 Å². The molecule has 0 radical (unpaired) electrons. The van der Waals surface area contributed by atoms with Crippen molar-refractivity contribution in [3.8, 4) is 0 Å². The van der Waals surface area contributed by atoms with Crippen LogP contribution in [0, 0.1) is 10.1 Å². The third-order valence-electron chi connectivity index (χ3n) is 4.04. The molecule has 25 heavy (non-hydrogen) atoms. The molecule has 0 saturated heterocycles. The number of nitro benzene ring substituents is 1. The molecule has 0 spiro atoms. The van der Waals surface area contributed by atoms with E-state index in [0.29, 0.717) is 5.75 Å². The van der Waals surface area contributed by atoms with Gasteiger partial charge in [-0.05, 0) is 17.7 Å². The predicted molar refractivity (Wildman–Crippen MR) is 96.1 cm³/mol. The molecule has 126 valence electrons. The Morgan fingerprint density at radius 3 is 2.72 bits per heavy atom. The third-order valence-corrected chi connectivity index (χ3v) is 5.08. The van der Waals surface area contributed by atoms with Crippen LogP contribution in [0.25, 0.3) is 0 Å². The Morgan fingerprint density at radius 1 is 1.08 bits per heavy atom. The topological polar surface area (TPSA) is 77.1 Å². The van der Waals surface area contributed by atoms with Crippen molar-refractivity contribution in [3.63, 3.8) is 0 Å². The molecular formula is C17H15N5O2S. The molecule has 0 N–H and O–H groups in total. The van der Waals surface area contributed by atoms with Crippen molar-refractivity contribution in [3.05, 3.63) is 70.3 Å². The molecule has 0 unspecified atom stereocenters. The Kier molecular flexibility index (Phi) is 4.10. The number of nitrogens with zero attached hydrogens (tertiary/aromatic N) is 5. The van der Waals surface area contributed by atoms with E-state index in [9.17, 15) is 10.1 Å². The molecule has 3 aromatic rings. The molecule has 4 rings (SSSR count). The molecule has 0 aliphatic carbocycles. The summed E-state index contributed by atoms with van der Waals surface area (Å²) in [5.41, 5.74) is 2.11. The van der Waals surface area contributed by atoms with Crippen molar-refractivity contribution in [1.29, 1.82) is 0 Å². The molecule has 2 aromatic carbocycles. The summed E-state index contributed by atoms with van der Waals surface area (Å²) in [6.07, 6.45) is 0. The number of anilines is 2. The number of benzene rings is 2. The van der Waals surface area contributed by atoms with Gasteiger partial charge in [0, 0.05) is 36.7 Å². The normalized spacial score (nSPS) is 13.0. The third kappa shape index (κ3) is 3.08. The minimum Gasteiger partial charge on any atom is -0.309 e. The van der Waals surface area contributed by atoms with Gasteiger partial charge >= 0.3 is 0 Å². The van der Waals surface area contributed by atoms with E-state index in [1.165, 1.54) is 6.07 Å². The van der Waals surface area contributed by atoms with Gasteiger partial charge in [-0.15, -0.1) is 10.2 Å². The maximum Gasteiger partial charge on any atom is 0.269 e. The van der Waals surface area contributed by atoms with Crippen LogP contribution in [0.4, 0.5) is 17.3 Å². The first-order valence-electron chi connectivity index (χ1n) is 7.84. The second-order valence-electron chi connectivity index (χ2n) is 5.64. The van der Waals surface area contributed by atoms with E-state index in [4.69, 9.17) is 0 Å². The first kappa shape index (κ1) is 15.6. The molecule has 0 atom stereocenters. The Hall–Kier alpha value is -2.87. The molecule has 1 aliphatic heterocycles. The molecule has 1 aliphatic rings. The van der Waals surface area contributed by atoms with Crippen LogP contribution in [0.2, 0.25) is 0 Å². The first-order chi connectivity index (χ1) is 12.2. The van der Waals surface area contributed by atoms with Crippen LogP contribution >= 0.6 is 11.8 Å². The Morgan fingerprint density at radius 2 is 1.92 bits per heavy atom. The van der Waals surface area contributed by atoms with Crippen molar-refractivity contribution in [2.75, 3.05) is 11.4 Å². The Labute approximate surface area is 148 Å². The maximum atomic E-state index is 10.9. The average Bonchev–Trinajstić information content (AvgIpc) is 3.23. The Bertz CT molecular complexity index is 912. The second kappa shape index (κ2) is 6.56. The summed E-state index contributed by atoms with van der Waals surface area (Å²) in [6.45, 7) is 1.69. The summed E-state index contributed by atoms with van der Waals surface area (Å²) < 4.78 is 2.09. The standard InChI is InChI=1S/C17H15N5O2S/c23-22(24)15-8-4-5-13(11-15)12-25-17-19-18-16-20(9-10-21(16)17)14-6-2-1-3-7-14/h1-8,11H,9-10,12H2. The highest BCUT2D eigenvalue weighted by Crippen LogP contribution is 2.33. The number of nitro groups is 1. The van der Waals surface area contributed by atoms with E-state index < -0.39 is 0 Å². The van der Waals surface area contributed by atoms with E-state index in [-0.39, 0.29) is 10.6 Å². The smallest absolute Gasteiger partial charge is 0.269 e. The lowest BCUT2D eigenvalue weighted by molar-refractivity contribution is -0.384. The molecule has 2 heterocycles. The van der Waals surface area contributed by atoms with E-state index >= 15 is 0 Å². The summed E-state index contributed by atoms with van der Waals surface area (Å²) in [5.74, 6) is 1.46. The van der Waals surface area contributed by atoms with Crippen molar-refractivity contribution in [2.45, 2.75) is 17.5 Å². The average molecular weight is 353 g/mol. The zero-order chi connectivity index (χ0) is 17.2. The van der Waals surface area contributed by atoms with Crippen LogP contribution in [0.15, 0.2) is 59.8 Å². The van der Waals surface area contributed by atoms with Gasteiger partial charge in [0.05, 0.1) is 4.92 Å². The fourth-order valence-corrected chi connectivity index (χ4v) is 3.75. The van der Waals surface area contributed by atoms with Crippen molar-refractivity contribution < 1.29 is 4.92 Å². The summed E-state index contributed by atoms with van der Waals surface area (Å²) in [6, 6.07) is 16.8. The van der Waals surface area contributed by atoms with Gasteiger partial charge in [-0.2, -0.15) is 0 Å². The van der Waals surface area contributed by atoms with Gasteiger partial charge in [-0.25, -0.2) is 0 Å². The lowest BCUT2D eigenvalue weighted by atomic mass is 10.2. The monoisotopic (exact) mass is 353 g/mol. The summed E-state index contributed by atoms with van der Waals surface area (Å²) >= 11 is 1.54. The number of para-hydroxylation sites is 1. The molecule has 7 nitrogen and oxygen atoms in total. The van der Waals surface area contributed by atoms with Gasteiger partial charge in [0.1, 0.15) is 0 Å². The number of rotatable bonds is 5. The zero-order valence-electron chi connectivity index (χ0n) is 13.3. The molecule has 1 aromatic heterocycles. The molecule has 0 fully saturated rings. The highest BCUT2D eigenvalue weighted by molar-refractivity contribution is 7.98. The van der Waals surface area contributed by atoms with Crippen molar-refractivity contribution in [2.24, 2.45) is 0 Å². The highest BCUT2D eigenvalue weighted by atomic mass is 32.2. The number of aromatic nitrogens is 3. The predicted octanol–water partition coefficient (Wildman–Crippen LogP) is 3.63. The summed E-state index contributed by atoms with van der Waals surface area (Å²) in [4.78, 5) is 12.6. The quantitative estimate of drug-likeness (QED) is 0.396. The fraction of sp³-hybridized carbons (Fsp3) is 0.176. The lowest BCUT2D eigenvalue weighted by Crippen LogP contribution is -2.13.